The Hall–Kier alpha value is -3.57. The monoisotopic (exact) mass is 461 g/mol. The van der Waals surface area contributed by atoms with E-state index in [9.17, 15) is 9.59 Å². The summed E-state index contributed by atoms with van der Waals surface area (Å²) in [6.45, 7) is 4.04. The Bertz CT molecular complexity index is 1320. The number of halogens is 1. The third-order valence-electron chi connectivity index (χ3n) is 5.68. The number of aromatic nitrogens is 1. The average molecular weight is 462 g/mol. The van der Waals surface area contributed by atoms with E-state index in [0.29, 0.717) is 27.5 Å². The van der Waals surface area contributed by atoms with Crippen molar-refractivity contribution in [3.8, 4) is 5.75 Å². The van der Waals surface area contributed by atoms with Gasteiger partial charge in [-0.25, -0.2) is 0 Å². The number of hydrogen-bond acceptors (Lipinski definition) is 4. The highest BCUT2D eigenvalue weighted by molar-refractivity contribution is 6.30. The summed E-state index contributed by atoms with van der Waals surface area (Å²) in [5.41, 5.74) is 4.70. The molecule has 33 heavy (non-hydrogen) atoms. The van der Waals surface area contributed by atoms with Crippen LogP contribution in [-0.2, 0) is 22.6 Å². The van der Waals surface area contributed by atoms with Crippen molar-refractivity contribution in [2.24, 2.45) is 0 Å². The molecule has 0 saturated heterocycles. The predicted molar refractivity (Wildman–Crippen MR) is 129 cm³/mol. The van der Waals surface area contributed by atoms with E-state index in [4.69, 9.17) is 21.1 Å². The van der Waals surface area contributed by atoms with Gasteiger partial charge in [0.05, 0.1) is 19.0 Å². The zero-order chi connectivity index (χ0) is 23.5. The second-order valence-electron chi connectivity index (χ2n) is 7.92. The molecule has 0 saturated carbocycles. The molecule has 0 radical (unpaired) electrons. The SMILES string of the molecule is COc1ccc2c(c1)c(CC(=O)OCc1ccc(C)cc1)c(C)n2C(=O)c1ccc(Cl)cc1. The van der Waals surface area contributed by atoms with Crippen molar-refractivity contribution < 1.29 is 19.1 Å². The van der Waals surface area contributed by atoms with E-state index < -0.39 is 0 Å². The van der Waals surface area contributed by atoms with E-state index in [1.54, 1.807) is 42.0 Å². The van der Waals surface area contributed by atoms with Crippen LogP contribution in [0.2, 0.25) is 5.02 Å². The smallest absolute Gasteiger partial charge is 0.310 e. The molecule has 0 spiro atoms. The maximum absolute atomic E-state index is 13.4. The number of carbonyl (C=O) groups is 2. The van der Waals surface area contributed by atoms with Crippen LogP contribution in [0.3, 0.4) is 0 Å². The lowest BCUT2D eigenvalue weighted by atomic mass is 10.1. The first kappa shape index (κ1) is 22.6. The fraction of sp³-hybridized carbons (Fsp3) is 0.185. The summed E-state index contributed by atoms with van der Waals surface area (Å²) < 4.78 is 12.5. The number of benzene rings is 3. The Labute approximate surface area is 197 Å². The number of aryl methyl sites for hydroxylation is 1. The lowest BCUT2D eigenvalue weighted by Crippen LogP contribution is -2.14. The number of hydrogen-bond donors (Lipinski definition) is 0. The van der Waals surface area contributed by atoms with Gasteiger partial charge in [-0.1, -0.05) is 41.4 Å². The number of methoxy groups -OCH3 is 1. The van der Waals surface area contributed by atoms with E-state index in [1.165, 1.54) is 0 Å². The van der Waals surface area contributed by atoms with E-state index in [1.807, 2.05) is 50.2 Å². The zero-order valence-electron chi connectivity index (χ0n) is 18.7. The van der Waals surface area contributed by atoms with Gasteiger partial charge in [0.25, 0.3) is 5.91 Å². The van der Waals surface area contributed by atoms with Crippen LogP contribution in [0.15, 0.2) is 66.7 Å². The topological polar surface area (TPSA) is 57.5 Å². The molecule has 1 heterocycles. The van der Waals surface area contributed by atoms with Gasteiger partial charge >= 0.3 is 5.97 Å². The lowest BCUT2D eigenvalue weighted by molar-refractivity contribution is -0.144. The van der Waals surface area contributed by atoms with Gasteiger partial charge in [-0.3, -0.25) is 14.2 Å². The molecule has 0 unspecified atom stereocenters. The Morgan fingerprint density at radius 2 is 1.64 bits per heavy atom. The van der Waals surface area contributed by atoms with Crippen LogP contribution in [0.25, 0.3) is 10.9 Å². The molecule has 0 aliphatic heterocycles. The summed E-state index contributed by atoms with van der Waals surface area (Å²) >= 11 is 5.98. The largest absolute Gasteiger partial charge is 0.497 e. The van der Waals surface area contributed by atoms with Crippen molar-refractivity contribution in [2.45, 2.75) is 26.9 Å². The molecule has 0 atom stereocenters. The minimum absolute atomic E-state index is 0.0439. The van der Waals surface area contributed by atoms with Crippen molar-refractivity contribution in [3.05, 3.63) is 99.7 Å². The van der Waals surface area contributed by atoms with Crippen molar-refractivity contribution in [1.82, 2.24) is 4.57 Å². The van der Waals surface area contributed by atoms with Crippen LogP contribution in [0.5, 0.6) is 5.75 Å². The maximum Gasteiger partial charge on any atom is 0.310 e. The third-order valence-corrected chi connectivity index (χ3v) is 5.93. The van der Waals surface area contributed by atoms with Crippen LogP contribution in [0, 0.1) is 13.8 Å². The first-order chi connectivity index (χ1) is 15.9. The summed E-state index contributed by atoms with van der Waals surface area (Å²) in [6.07, 6.45) is 0.0439. The first-order valence-electron chi connectivity index (χ1n) is 10.6. The van der Waals surface area contributed by atoms with Gasteiger partial charge < -0.3 is 9.47 Å². The van der Waals surface area contributed by atoms with Crippen molar-refractivity contribution in [2.75, 3.05) is 7.11 Å². The van der Waals surface area contributed by atoms with Gasteiger partial charge in [0, 0.05) is 21.7 Å². The maximum atomic E-state index is 13.4. The molecule has 0 amide bonds. The van der Waals surface area contributed by atoms with E-state index >= 15 is 0 Å². The summed E-state index contributed by atoms with van der Waals surface area (Å²) in [5, 5.41) is 1.34. The molecule has 5 nitrogen and oxygen atoms in total. The molecular formula is C27H24ClNO4. The van der Waals surface area contributed by atoms with Crippen LogP contribution < -0.4 is 4.74 Å². The van der Waals surface area contributed by atoms with Gasteiger partial charge in [0.15, 0.2) is 0 Å². The summed E-state index contributed by atoms with van der Waals surface area (Å²) in [5.74, 6) is 0.0888. The average Bonchev–Trinajstić information content (AvgIpc) is 3.09. The van der Waals surface area contributed by atoms with Gasteiger partial charge in [-0.2, -0.15) is 0 Å². The summed E-state index contributed by atoms with van der Waals surface area (Å²) in [6, 6.07) is 20.1. The standard InChI is InChI=1S/C27H24ClNO4/c1-17-4-6-19(7-5-17)16-33-26(30)15-23-18(2)29(25-13-12-22(32-3)14-24(23)25)27(31)20-8-10-21(28)11-9-20/h4-14H,15-16H2,1-3H3. The van der Waals surface area contributed by atoms with Crippen LogP contribution in [-0.4, -0.2) is 23.6 Å². The number of rotatable bonds is 6. The van der Waals surface area contributed by atoms with Crippen LogP contribution in [0.1, 0.15) is 32.7 Å². The fourth-order valence-electron chi connectivity index (χ4n) is 3.84. The second kappa shape index (κ2) is 9.51. The van der Waals surface area contributed by atoms with Crippen molar-refractivity contribution in [3.63, 3.8) is 0 Å². The molecule has 0 aliphatic carbocycles. The Kier molecular flexibility index (Phi) is 6.52. The highest BCUT2D eigenvalue weighted by Gasteiger charge is 2.22. The molecule has 6 heteroatoms. The molecule has 4 rings (SSSR count). The summed E-state index contributed by atoms with van der Waals surface area (Å²) in [7, 11) is 1.58. The van der Waals surface area contributed by atoms with E-state index in [0.717, 1.165) is 22.1 Å². The zero-order valence-corrected chi connectivity index (χ0v) is 19.5. The third kappa shape index (κ3) is 4.78. The molecule has 0 bridgehead atoms. The second-order valence-corrected chi connectivity index (χ2v) is 8.35. The predicted octanol–water partition coefficient (Wildman–Crippen LogP) is 5.89. The number of ether oxygens (including phenoxy) is 2. The number of nitrogens with zero attached hydrogens (tertiary/aromatic N) is 1. The van der Waals surface area contributed by atoms with Crippen molar-refractivity contribution in [1.29, 1.82) is 0 Å². The van der Waals surface area contributed by atoms with Gasteiger partial charge in [0.2, 0.25) is 0 Å². The van der Waals surface area contributed by atoms with E-state index in [2.05, 4.69) is 0 Å². The quantitative estimate of drug-likeness (QED) is 0.336. The Morgan fingerprint density at radius 3 is 2.30 bits per heavy atom. The van der Waals surface area contributed by atoms with Crippen LogP contribution >= 0.6 is 11.6 Å². The molecule has 0 fully saturated rings. The first-order valence-corrected chi connectivity index (χ1v) is 10.9. The molecule has 1 aromatic heterocycles. The highest BCUT2D eigenvalue weighted by atomic mass is 35.5. The lowest BCUT2D eigenvalue weighted by Gasteiger charge is -2.08. The van der Waals surface area contributed by atoms with Crippen LogP contribution in [0.4, 0.5) is 0 Å². The molecule has 168 valence electrons. The van der Waals surface area contributed by atoms with Gasteiger partial charge in [0.1, 0.15) is 12.4 Å². The number of carbonyl (C=O) groups excluding carboxylic acids is 2. The fourth-order valence-corrected chi connectivity index (χ4v) is 3.97. The minimum atomic E-state index is -0.362. The van der Waals surface area contributed by atoms with Crippen molar-refractivity contribution >= 4 is 34.4 Å². The molecule has 3 aromatic carbocycles. The minimum Gasteiger partial charge on any atom is -0.497 e. The molecule has 0 N–H and O–H groups in total. The molecular weight excluding hydrogens is 438 g/mol. The summed E-state index contributed by atoms with van der Waals surface area (Å²) in [4.78, 5) is 26.1. The normalized spacial score (nSPS) is 10.9. The van der Waals surface area contributed by atoms with Gasteiger partial charge in [-0.05, 0) is 67.4 Å². The molecule has 0 aliphatic rings. The van der Waals surface area contributed by atoms with Gasteiger partial charge in [-0.15, -0.1) is 0 Å². The number of fused-ring (bicyclic) bond motifs is 1. The highest BCUT2D eigenvalue weighted by Crippen LogP contribution is 2.31. The van der Waals surface area contributed by atoms with E-state index in [-0.39, 0.29) is 24.9 Å². The Balaban J connectivity index is 1.67. The Morgan fingerprint density at radius 1 is 0.939 bits per heavy atom. The molecule has 4 aromatic rings. The number of esters is 1.